The summed E-state index contributed by atoms with van der Waals surface area (Å²) in [6.45, 7) is 4.87. The number of hydrogen-bond donors (Lipinski definition) is 1. The van der Waals surface area contributed by atoms with Crippen molar-refractivity contribution < 1.29 is 13.2 Å². The highest BCUT2D eigenvalue weighted by atomic mass is 32.2. The molecule has 1 amide bonds. The van der Waals surface area contributed by atoms with E-state index in [0.29, 0.717) is 17.0 Å². The highest BCUT2D eigenvalue weighted by Crippen LogP contribution is 2.28. The molecule has 184 valence electrons. The number of sulfone groups is 1. The highest BCUT2D eigenvalue weighted by Gasteiger charge is 2.21. The Bertz CT molecular complexity index is 1200. The molecular formula is C29H34N2O3S. The van der Waals surface area contributed by atoms with Crippen LogP contribution in [-0.2, 0) is 29.5 Å². The molecule has 4 rings (SSSR count). The Morgan fingerprint density at radius 1 is 0.857 bits per heavy atom. The molecule has 1 saturated carbocycles. The van der Waals surface area contributed by atoms with Crippen molar-refractivity contribution in [1.29, 1.82) is 0 Å². The minimum absolute atomic E-state index is 0.0731. The first-order valence-electron chi connectivity index (χ1n) is 12.4. The molecule has 1 fully saturated rings. The molecule has 0 aromatic heterocycles. The second kappa shape index (κ2) is 11.6. The molecule has 1 aliphatic carbocycles. The van der Waals surface area contributed by atoms with Crippen LogP contribution in [-0.4, -0.2) is 31.5 Å². The van der Waals surface area contributed by atoms with Gasteiger partial charge < -0.3 is 5.32 Å². The molecule has 35 heavy (non-hydrogen) atoms. The van der Waals surface area contributed by atoms with Crippen LogP contribution in [0.5, 0.6) is 0 Å². The van der Waals surface area contributed by atoms with Gasteiger partial charge in [-0.15, -0.1) is 0 Å². The first-order valence-corrected chi connectivity index (χ1v) is 14.0. The van der Waals surface area contributed by atoms with Gasteiger partial charge in [-0.3, -0.25) is 9.69 Å². The van der Waals surface area contributed by atoms with Gasteiger partial charge in [-0.25, -0.2) is 8.42 Å². The molecule has 6 heteroatoms. The number of rotatable bonds is 11. The van der Waals surface area contributed by atoms with E-state index in [1.165, 1.54) is 30.4 Å². The Labute approximate surface area is 209 Å². The minimum atomic E-state index is -3.22. The molecule has 0 heterocycles. The maximum absolute atomic E-state index is 12.6. The number of nitrogens with one attached hydrogen (secondary N) is 1. The number of carbonyl (C=O) groups is 1. The topological polar surface area (TPSA) is 66.5 Å². The fraction of sp³-hybridized carbons (Fsp3) is 0.345. The van der Waals surface area contributed by atoms with Crippen LogP contribution in [0.25, 0.3) is 0 Å². The van der Waals surface area contributed by atoms with Crippen molar-refractivity contribution in [2.45, 2.75) is 50.7 Å². The molecular weight excluding hydrogens is 456 g/mol. The molecule has 0 unspecified atom stereocenters. The first-order chi connectivity index (χ1) is 16.9. The van der Waals surface area contributed by atoms with E-state index in [-0.39, 0.29) is 11.7 Å². The van der Waals surface area contributed by atoms with E-state index in [2.05, 4.69) is 40.5 Å². The van der Waals surface area contributed by atoms with Gasteiger partial charge in [-0.1, -0.05) is 67.9 Å². The van der Waals surface area contributed by atoms with Gasteiger partial charge in [0.1, 0.15) is 0 Å². The highest BCUT2D eigenvalue weighted by molar-refractivity contribution is 7.91. The van der Waals surface area contributed by atoms with Gasteiger partial charge in [-0.05, 0) is 59.7 Å². The Hall–Kier alpha value is -2.96. The third-order valence-corrected chi connectivity index (χ3v) is 8.48. The van der Waals surface area contributed by atoms with Crippen LogP contribution in [0.15, 0.2) is 83.8 Å². The molecule has 0 radical (unpaired) electrons. The third kappa shape index (κ3) is 7.03. The van der Waals surface area contributed by atoms with Crippen molar-refractivity contribution in [3.8, 4) is 0 Å². The summed E-state index contributed by atoms with van der Waals surface area (Å²) in [6, 6.07) is 25.1. The average Bonchev–Trinajstić information content (AvgIpc) is 2.86. The summed E-state index contributed by atoms with van der Waals surface area (Å²) in [5.74, 6) is 0.723. The summed E-state index contributed by atoms with van der Waals surface area (Å²) in [5, 5.41) is 2.92. The van der Waals surface area contributed by atoms with Crippen LogP contribution in [0.2, 0.25) is 0 Å². The van der Waals surface area contributed by atoms with Gasteiger partial charge >= 0.3 is 0 Å². The second-order valence-electron chi connectivity index (χ2n) is 9.38. The van der Waals surface area contributed by atoms with Crippen molar-refractivity contribution in [2.24, 2.45) is 5.92 Å². The van der Waals surface area contributed by atoms with Gasteiger partial charge in [0.15, 0.2) is 9.84 Å². The zero-order valence-electron chi connectivity index (χ0n) is 20.3. The predicted octanol–water partition coefficient (Wildman–Crippen LogP) is 5.21. The third-order valence-electron chi connectivity index (χ3n) is 6.73. The summed E-state index contributed by atoms with van der Waals surface area (Å²) >= 11 is 0. The Balaban J connectivity index is 1.33. The molecule has 1 N–H and O–H groups in total. The SMILES string of the molecule is CCS(=O)(=O)c1ccc(CNC(=O)c2ccc(CN(Cc3ccccc3)CC3CCC3)cc2)cc1. The number of amides is 1. The van der Waals surface area contributed by atoms with Crippen molar-refractivity contribution in [2.75, 3.05) is 12.3 Å². The lowest BCUT2D eigenvalue weighted by Gasteiger charge is -2.32. The van der Waals surface area contributed by atoms with Crippen LogP contribution in [0, 0.1) is 5.92 Å². The molecule has 3 aromatic carbocycles. The lowest BCUT2D eigenvalue weighted by Crippen LogP contribution is -2.32. The fourth-order valence-corrected chi connectivity index (χ4v) is 5.24. The van der Waals surface area contributed by atoms with E-state index in [4.69, 9.17) is 0 Å². The van der Waals surface area contributed by atoms with Gasteiger partial charge in [0.25, 0.3) is 5.91 Å². The van der Waals surface area contributed by atoms with Crippen molar-refractivity contribution >= 4 is 15.7 Å². The molecule has 0 saturated heterocycles. The lowest BCUT2D eigenvalue weighted by molar-refractivity contribution is 0.0951. The maximum atomic E-state index is 12.6. The summed E-state index contributed by atoms with van der Waals surface area (Å²) in [4.78, 5) is 15.5. The number of carbonyl (C=O) groups excluding carboxylic acids is 1. The maximum Gasteiger partial charge on any atom is 0.251 e. The van der Waals surface area contributed by atoms with E-state index in [1.54, 1.807) is 31.2 Å². The van der Waals surface area contributed by atoms with Crippen LogP contribution >= 0.6 is 0 Å². The van der Waals surface area contributed by atoms with Crippen molar-refractivity contribution in [1.82, 2.24) is 10.2 Å². The number of benzene rings is 3. The van der Waals surface area contributed by atoms with Crippen LogP contribution < -0.4 is 5.32 Å². The minimum Gasteiger partial charge on any atom is -0.348 e. The van der Waals surface area contributed by atoms with E-state index < -0.39 is 9.84 Å². The molecule has 0 aliphatic heterocycles. The monoisotopic (exact) mass is 490 g/mol. The van der Waals surface area contributed by atoms with E-state index in [0.717, 1.165) is 31.1 Å². The number of hydrogen-bond acceptors (Lipinski definition) is 4. The van der Waals surface area contributed by atoms with Gasteiger partial charge in [-0.2, -0.15) is 0 Å². The van der Waals surface area contributed by atoms with E-state index in [9.17, 15) is 13.2 Å². The normalized spacial score (nSPS) is 14.0. The zero-order valence-corrected chi connectivity index (χ0v) is 21.1. The average molecular weight is 491 g/mol. The van der Waals surface area contributed by atoms with E-state index in [1.807, 2.05) is 24.3 Å². The zero-order chi connectivity index (χ0) is 24.7. The largest absolute Gasteiger partial charge is 0.348 e. The van der Waals surface area contributed by atoms with E-state index >= 15 is 0 Å². The predicted molar refractivity (Wildman–Crippen MR) is 140 cm³/mol. The molecule has 5 nitrogen and oxygen atoms in total. The molecule has 0 bridgehead atoms. The smallest absolute Gasteiger partial charge is 0.251 e. The van der Waals surface area contributed by atoms with Crippen molar-refractivity contribution in [3.63, 3.8) is 0 Å². The Morgan fingerprint density at radius 3 is 2.03 bits per heavy atom. The van der Waals surface area contributed by atoms with Gasteiger partial charge in [0, 0.05) is 31.7 Å². The summed E-state index contributed by atoms with van der Waals surface area (Å²) in [5.41, 5.74) is 4.00. The Morgan fingerprint density at radius 2 is 1.46 bits per heavy atom. The van der Waals surface area contributed by atoms with Crippen LogP contribution in [0.1, 0.15) is 53.2 Å². The quantitative estimate of drug-likeness (QED) is 0.401. The second-order valence-corrected chi connectivity index (χ2v) is 11.7. The summed E-state index contributed by atoms with van der Waals surface area (Å²) in [7, 11) is -3.22. The van der Waals surface area contributed by atoms with Crippen molar-refractivity contribution in [3.05, 3.63) is 101 Å². The Kier molecular flexibility index (Phi) is 8.37. The number of nitrogens with zero attached hydrogens (tertiary/aromatic N) is 1. The van der Waals surface area contributed by atoms with Gasteiger partial charge in [0.2, 0.25) is 0 Å². The summed E-state index contributed by atoms with van der Waals surface area (Å²) < 4.78 is 23.9. The van der Waals surface area contributed by atoms with Crippen LogP contribution in [0.4, 0.5) is 0 Å². The standard InChI is InChI=1S/C29H34N2O3S/c1-2-35(33,34)28-17-13-23(14-18-28)19-30-29(32)27-15-11-26(12-16-27)22-31(21-25-9-6-10-25)20-24-7-4-3-5-8-24/h3-5,7-8,11-18,25H,2,6,9-10,19-22H2,1H3,(H,30,32). The van der Waals surface area contributed by atoms with Crippen LogP contribution in [0.3, 0.4) is 0 Å². The molecule has 0 atom stereocenters. The molecule has 3 aromatic rings. The molecule has 0 spiro atoms. The van der Waals surface area contributed by atoms with Gasteiger partial charge in [0.05, 0.1) is 10.6 Å². The fourth-order valence-electron chi connectivity index (χ4n) is 4.35. The summed E-state index contributed by atoms with van der Waals surface area (Å²) in [6.07, 6.45) is 3.98. The lowest BCUT2D eigenvalue weighted by atomic mass is 9.85. The first kappa shape index (κ1) is 25.1. The molecule has 1 aliphatic rings.